The van der Waals surface area contributed by atoms with E-state index in [0.29, 0.717) is 0 Å². The first-order valence-electron chi connectivity index (χ1n) is 3.55. The van der Waals surface area contributed by atoms with Crippen LogP contribution in [0.4, 0.5) is 22.0 Å². The highest BCUT2D eigenvalue weighted by molar-refractivity contribution is 5.88. The maximum Gasteiger partial charge on any atom is 0.341 e. The fourth-order valence-electron chi connectivity index (χ4n) is 0.987. The molecule has 7 heteroatoms. The van der Waals surface area contributed by atoms with Gasteiger partial charge in [0.15, 0.2) is 17.5 Å². The summed E-state index contributed by atoms with van der Waals surface area (Å²) in [7, 11) is 0. The Morgan fingerprint density at radius 1 is 1.00 bits per heavy atom. The number of aromatic carboxylic acids is 1. The van der Waals surface area contributed by atoms with Gasteiger partial charge in [-0.1, -0.05) is 0 Å². The summed E-state index contributed by atoms with van der Waals surface area (Å²) >= 11 is 0. The second-order valence-corrected chi connectivity index (χ2v) is 2.55. The number of halogens is 5. The second-order valence-electron chi connectivity index (χ2n) is 2.55. The summed E-state index contributed by atoms with van der Waals surface area (Å²) in [5.41, 5.74) is -3.15. The Morgan fingerprint density at radius 2 is 1.53 bits per heavy atom. The molecule has 0 fully saturated rings. The van der Waals surface area contributed by atoms with E-state index in [0.717, 1.165) is 0 Å². The lowest BCUT2D eigenvalue weighted by Gasteiger charge is -2.06. The molecule has 0 aromatic heterocycles. The summed E-state index contributed by atoms with van der Waals surface area (Å²) in [4.78, 5) is 10.3. The minimum Gasteiger partial charge on any atom is -0.477 e. The topological polar surface area (TPSA) is 37.3 Å². The van der Waals surface area contributed by atoms with Crippen LogP contribution in [0.15, 0.2) is 0 Å². The Bertz CT molecular complexity index is 430. The molecule has 0 unspecified atom stereocenters. The summed E-state index contributed by atoms with van der Waals surface area (Å²) in [5.74, 6) is -10.5. The summed E-state index contributed by atoms with van der Waals surface area (Å²) in [6.07, 6.45) is 0. The molecule has 0 amide bonds. The second kappa shape index (κ2) is 3.84. The molecule has 0 aliphatic rings. The summed E-state index contributed by atoms with van der Waals surface area (Å²) < 4.78 is 63.0. The lowest BCUT2D eigenvalue weighted by atomic mass is 10.1. The van der Waals surface area contributed by atoms with Crippen LogP contribution in [0.5, 0.6) is 0 Å². The monoisotopic (exact) mass is 226 g/mol. The predicted molar refractivity (Wildman–Crippen MR) is 38.0 cm³/mol. The van der Waals surface area contributed by atoms with E-state index in [-0.39, 0.29) is 0 Å². The van der Waals surface area contributed by atoms with Crippen LogP contribution >= 0.6 is 0 Å². The maximum absolute atomic E-state index is 13.0. The van der Waals surface area contributed by atoms with Crippen molar-refractivity contribution in [2.75, 3.05) is 0 Å². The molecule has 0 heterocycles. The molecule has 0 bridgehead atoms. The van der Waals surface area contributed by atoms with Crippen molar-refractivity contribution in [3.05, 3.63) is 34.4 Å². The van der Waals surface area contributed by atoms with Crippen molar-refractivity contribution in [2.24, 2.45) is 0 Å². The quantitative estimate of drug-likeness (QED) is 0.477. The van der Waals surface area contributed by atoms with Crippen molar-refractivity contribution in [3.63, 3.8) is 0 Å². The van der Waals surface area contributed by atoms with E-state index in [1.165, 1.54) is 0 Å². The van der Waals surface area contributed by atoms with Crippen molar-refractivity contribution >= 4 is 5.97 Å². The zero-order valence-corrected chi connectivity index (χ0v) is 6.95. The van der Waals surface area contributed by atoms with E-state index in [1.54, 1.807) is 0 Å². The van der Waals surface area contributed by atoms with E-state index in [4.69, 9.17) is 5.11 Å². The molecule has 0 atom stereocenters. The maximum atomic E-state index is 13.0. The SMILES string of the molecule is O=C(O)c1c(F)c(F)c(F)c(CF)c1F. The molecule has 0 saturated heterocycles. The van der Waals surface area contributed by atoms with Crippen molar-refractivity contribution in [3.8, 4) is 0 Å². The molecule has 0 saturated carbocycles. The van der Waals surface area contributed by atoms with Gasteiger partial charge in [-0.25, -0.2) is 26.7 Å². The van der Waals surface area contributed by atoms with Crippen molar-refractivity contribution in [2.45, 2.75) is 6.67 Å². The first-order valence-corrected chi connectivity index (χ1v) is 3.55. The molecule has 2 nitrogen and oxygen atoms in total. The van der Waals surface area contributed by atoms with Gasteiger partial charge in [-0.15, -0.1) is 0 Å². The number of hydrogen-bond donors (Lipinski definition) is 1. The Balaban J connectivity index is 3.68. The van der Waals surface area contributed by atoms with Crippen LogP contribution in [0.25, 0.3) is 0 Å². The van der Waals surface area contributed by atoms with Crippen LogP contribution in [0.1, 0.15) is 15.9 Å². The van der Waals surface area contributed by atoms with Crippen molar-refractivity contribution < 1.29 is 31.9 Å². The summed E-state index contributed by atoms with van der Waals surface area (Å²) in [6, 6.07) is 0. The number of carbonyl (C=O) groups is 1. The van der Waals surface area contributed by atoms with E-state index in [1.807, 2.05) is 0 Å². The highest BCUT2D eigenvalue weighted by Crippen LogP contribution is 2.24. The molecular formula is C8H3F5O2. The van der Waals surface area contributed by atoms with E-state index in [2.05, 4.69) is 0 Å². The molecule has 1 rings (SSSR count). The van der Waals surface area contributed by atoms with Crippen molar-refractivity contribution in [1.29, 1.82) is 0 Å². The highest BCUT2D eigenvalue weighted by atomic mass is 19.2. The average Bonchev–Trinajstić information content (AvgIpc) is 2.15. The third-order valence-corrected chi connectivity index (χ3v) is 1.70. The fraction of sp³-hybridized carbons (Fsp3) is 0.125. The number of alkyl halides is 1. The van der Waals surface area contributed by atoms with Crippen LogP contribution in [-0.4, -0.2) is 11.1 Å². The first kappa shape index (κ1) is 11.4. The molecule has 15 heavy (non-hydrogen) atoms. The molecular weight excluding hydrogens is 223 g/mol. The minimum atomic E-state index is -2.21. The van der Waals surface area contributed by atoms with Crippen LogP contribution in [0.2, 0.25) is 0 Å². The van der Waals surface area contributed by atoms with Crippen molar-refractivity contribution in [1.82, 2.24) is 0 Å². The van der Waals surface area contributed by atoms with Gasteiger partial charge >= 0.3 is 5.97 Å². The molecule has 1 aromatic carbocycles. The molecule has 0 aliphatic heterocycles. The van der Waals surface area contributed by atoms with E-state index < -0.39 is 47.0 Å². The molecule has 0 radical (unpaired) electrons. The van der Waals surface area contributed by atoms with Gasteiger partial charge in [0.05, 0.1) is 5.56 Å². The van der Waals surface area contributed by atoms with Gasteiger partial charge < -0.3 is 5.11 Å². The first-order chi connectivity index (χ1) is 6.91. The van der Waals surface area contributed by atoms with Gasteiger partial charge in [-0.3, -0.25) is 0 Å². The zero-order valence-electron chi connectivity index (χ0n) is 6.95. The number of hydrogen-bond acceptors (Lipinski definition) is 1. The molecule has 1 aromatic rings. The molecule has 0 spiro atoms. The molecule has 82 valence electrons. The Hall–Kier alpha value is -1.66. The van der Waals surface area contributed by atoms with Gasteiger partial charge in [-0.05, 0) is 0 Å². The Kier molecular flexibility index (Phi) is 2.92. The van der Waals surface area contributed by atoms with Gasteiger partial charge in [0, 0.05) is 0 Å². The van der Waals surface area contributed by atoms with Crippen LogP contribution in [0.3, 0.4) is 0 Å². The normalized spacial score (nSPS) is 10.5. The number of benzene rings is 1. The van der Waals surface area contributed by atoms with Crippen LogP contribution in [-0.2, 0) is 6.67 Å². The zero-order chi connectivity index (χ0) is 11.7. The minimum absolute atomic E-state index is 1.44. The molecule has 1 N–H and O–H groups in total. The van der Waals surface area contributed by atoms with Crippen LogP contribution < -0.4 is 0 Å². The lowest BCUT2D eigenvalue weighted by Crippen LogP contribution is -2.12. The molecule has 0 aliphatic carbocycles. The Labute approximate surface area is 79.9 Å². The summed E-state index contributed by atoms with van der Waals surface area (Å²) in [5, 5.41) is 8.29. The van der Waals surface area contributed by atoms with Crippen LogP contribution in [0, 0.1) is 23.3 Å². The number of rotatable bonds is 2. The standard InChI is InChI=1S/C8H3F5O2/c9-1-2-4(10)3(8(14)15)6(12)7(13)5(2)11/h1H2,(H,14,15). The Morgan fingerprint density at radius 3 is 1.93 bits per heavy atom. The summed E-state index contributed by atoms with van der Waals surface area (Å²) in [6.45, 7) is -1.77. The van der Waals surface area contributed by atoms with Gasteiger partial charge in [0.2, 0.25) is 0 Å². The average molecular weight is 226 g/mol. The number of carboxylic acids is 1. The smallest absolute Gasteiger partial charge is 0.341 e. The van der Waals surface area contributed by atoms with Gasteiger partial charge in [0.1, 0.15) is 18.1 Å². The van der Waals surface area contributed by atoms with Gasteiger partial charge in [0.25, 0.3) is 0 Å². The number of carboxylic acid groups (broad SMARTS) is 1. The third kappa shape index (κ3) is 1.64. The van der Waals surface area contributed by atoms with Gasteiger partial charge in [-0.2, -0.15) is 0 Å². The highest BCUT2D eigenvalue weighted by Gasteiger charge is 2.28. The predicted octanol–water partition coefficient (Wildman–Crippen LogP) is 2.41. The lowest BCUT2D eigenvalue weighted by molar-refractivity contribution is 0.0684. The largest absolute Gasteiger partial charge is 0.477 e. The third-order valence-electron chi connectivity index (χ3n) is 1.70. The van der Waals surface area contributed by atoms with E-state index in [9.17, 15) is 26.7 Å². The fourth-order valence-corrected chi connectivity index (χ4v) is 0.987. The van der Waals surface area contributed by atoms with E-state index >= 15 is 0 Å².